The Balaban J connectivity index is 1.37. The van der Waals surface area contributed by atoms with Crippen molar-refractivity contribution < 1.29 is 14.2 Å². The molecule has 0 bridgehead atoms. The maximum atomic E-state index is 6.13. The molecule has 0 aromatic heterocycles. The van der Waals surface area contributed by atoms with Crippen LogP contribution >= 0.6 is 0 Å². The fourth-order valence-corrected chi connectivity index (χ4v) is 3.09. The molecular weight excluding hydrogens is 264 g/mol. The van der Waals surface area contributed by atoms with E-state index >= 15 is 0 Å². The van der Waals surface area contributed by atoms with Crippen molar-refractivity contribution in [1.29, 1.82) is 0 Å². The number of rotatable bonds is 7. The quantitative estimate of drug-likeness (QED) is 0.438. The molecule has 5 atom stereocenters. The highest BCUT2D eigenvalue weighted by Gasteiger charge is 2.48. The highest BCUT2D eigenvalue weighted by Crippen LogP contribution is 2.38. The van der Waals surface area contributed by atoms with E-state index < -0.39 is 0 Å². The van der Waals surface area contributed by atoms with Crippen molar-refractivity contribution in [2.24, 2.45) is 5.92 Å². The monoisotopic (exact) mass is 288 g/mol. The molecule has 1 aromatic rings. The first kappa shape index (κ1) is 14.8. The van der Waals surface area contributed by atoms with E-state index in [2.05, 4.69) is 25.6 Å². The first-order valence-corrected chi connectivity index (χ1v) is 7.83. The maximum Gasteiger partial charge on any atom is 0.114 e. The van der Waals surface area contributed by atoms with Gasteiger partial charge in [0.25, 0.3) is 0 Å². The third-order valence-electron chi connectivity index (χ3n) is 4.41. The molecular formula is C18H24O3. The summed E-state index contributed by atoms with van der Waals surface area (Å²) in [5.41, 5.74) is 1.22. The Labute approximate surface area is 126 Å². The predicted molar refractivity (Wildman–Crippen MR) is 82.0 cm³/mol. The van der Waals surface area contributed by atoms with Gasteiger partial charge in [-0.2, -0.15) is 0 Å². The molecule has 114 valence electrons. The van der Waals surface area contributed by atoms with Crippen LogP contribution in [-0.2, 0) is 20.8 Å². The van der Waals surface area contributed by atoms with Crippen LogP contribution in [0.3, 0.4) is 0 Å². The summed E-state index contributed by atoms with van der Waals surface area (Å²) in [6.07, 6.45) is 4.88. The topological polar surface area (TPSA) is 31.0 Å². The predicted octanol–water partition coefficient (Wildman–Crippen LogP) is 3.34. The highest BCUT2D eigenvalue weighted by atomic mass is 16.6. The normalized spacial score (nSPS) is 34.8. The molecule has 0 N–H and O–H groups in total. The van der Waals surface area contributed by atoms with E-state index in [9.17, 15) is 0 Å². The van der Waals surface area contributed by atoms with E-state index in [0.717, 1.165) is 19.4 Å². The molecule has 2 fully saturated rings. The summed E-state index contributed by atoms with van der Waals surface area (Å²) in [6.45, 7) is 7.45. The lowest BCUT2D eigenvalue weighted by atomic mass is 9.98. The standard InChI is InChI=1S/C18H24O3/c1-3-15-18(21-15)17-11-13(2)16(20-17)9-10-19-12-14-7-5-4-6-8-14/h3-8,13,15-18H,1,9-12H2,2H3/t13-,15+,16+,17-,18-/m1/s1. The zero-order valence-corrected chi connectivity index (χ0v) is 12.6. The molecule has 21 heavy (non-hydrogen) atoms. The van der Waals surface area contributed by atoms with E-state index in [-0.39, 0.29) is 18.3 Å². The summed E-state index contributed by atoms with van der Waals surface area (Å²) in [4.78, 5) is 0. The van der Waals surface area contributed by atoms with Crippen LogP contribution in [0, 0.1) is 5.92 Å². The Morgan fingerprint density at radius 1 is 1.29 bits per heavy atom. The van der Waals surface area contributed by atoms with Gasteiger partial charge in [0.2, 0.25) is 0 Å². The molecule has 0 saturated carbocycles. The molecule has 3 rings (SSSR count). The van der Waals surface area contributed by atoms with Gasteiger partial charge in [-0.05, 0) is 24.3 Å². The number of epoxide rings is 1. The Morgan fingerprint density at radius 2 is 2.10 bits per heavy atom. The van der Waals surface area contributed by atoms with Crippen LogP contribution in [0.4, 0.5) is 0 Å². The fourth-order valence-electron chi connectivity index (χ4n) is 3.09. The van der Waals surface area contributed by atoms with Crippen LogP contribution in [0.1, 0.15) is 25.3 Å². The van der Waals surface area contributed by atoms with Gasteiger partial charge in [0.15, 0.2) is 0 Å². The van der Waals surface area contributed by atoms with E-state index in [1.54, 1.807) is 0 Å². The molecule has 0 amide bonds. The van der Waals surface area contributed by atoms with Crippen molar-refractivity contribution in [3.63, 3.8) is 0 Å². The third-order valence-corrected chi connectivity index (χ3v) is 4.41. The minimum absolute atomic E-state index is 0.204. The Hall–Kier alpha value is -1.16. The zero-order valence-electron chi connectivity index (χ0n) is 12.6. The molecule has 0 aliphatic carbocycles. The van der Waals surface area contributed by atoms with Crippen molar-refractivity contribution in [1.82, 2.24) is 0 Å². The maximum absolute atomic E-state index is 6.13. The lowest BCUT2D eigenvalue weighted by Gasteiger charge is -2.15. The van der Waals surface area contributed by atoms with Gasteiger partial charge in [0.1, 0.15) is 12.2 Å². The van der Waals surface area contributed by atoms with Gasteiger partial charge < -0.3 is 14.2 Å². The zero-order chi connectivity index (χ0) is 14.7. The SMILES string of the molecule is C=C[C@@H]1O[C@H]1[C@H]1C[C@@H](C)[C@H](CCOCc2ccccc2)O1. The Kier molecular flexibility index (Phi) is 4.73. The molecule has 3 nitrogen and oxygen atoms in total. The minimum Gasteiger partial charge on any atom is -0.377 e. The first-order chi connectivity index (χ1) is 10.3. The van der Waals surface area contributed by atoms with E-state index in [0.29, 0.717) is 18.6 Å². The highest BCUT2D eigenvalue weighted by molar-refractivity contribution is 5.13. The van der Waals surface area contributed by atoms with Gasteiger partial charge in [-0.1, -0.05) is 43.3 Å². The molecule has 2 aliphatic rings. The van der Waals surface area contributed by atoms with Gasteiger partial charge in [-0.3, -0.25) is 0 Å². The number of hydrogen-bond donors (Lipinski definition) is 0. The second kappa shape index (κ2) is 6.73. The minimum atomic E-state index is 0.204. The largest absolute Gasteiger partial charge is 0.377 e. The third kappa shape index (κ3) is 3.73. The van der Waals surface area contributed by atoms with Crippen LogP contribution in [0.5, 0.6) is 0 Å². The second-order valence-corrected chi connectivity index (χ2v) is 6.05. The number of hydrogen-bond acceptors (Lipinski definition) is 3. The van der Waals surface area contributed by atoms with Crippen molar-refractivity contribution >= 4 is 0 Å². The van der Waals surface area contributed by atoms with E-state index in [1.165, 1.54) is 5.56 Å². The van der Waals surface area contributed by atoms with Gasteiger partial charge in [0, 0.05) is 6.61 Å². The average molecular weight is 288 g/mol. The van der Waals surface area contributed by atoms with Gasteiger partial charge >= 0.3 is 0 Å². The molecule has 1 aromatic carbocycles. The Morgan fingerprint density at radius 3 is 2.81 bits per heavy atom. The number of ether oxygens (including phenoxy) is 3. The van der Waals surface area contributed by atoms with Crippen molar-refractivity contribution in [3.05, 3.63) is 48.6 Å². The molecule has 3 heteroatoms. The summed E-state index contributed by atoms with van der Waals surface area (Å²) >= 11 is 0. The van der Waals surface area contributed by atoms with Crippen molar-refractivity contribution in [2.45, 2.75) is 50.8 Å². The molecule has 2 saturated heterocycles. The summed E-state index contributed by atoms with van der Waals surface area (Å²) in [6, 6.07) is 10.3. The summed E-state index contributed by atoms with van der Waals surface area (Å²) in [5, 5.41) is 0. The van der Waals surface area contributed by atoms with Gasteiger partial charge in [0.05, 0.1) is 18.8 Å². The van der Waals surface area contributed by atoms with Crippen LogP contribution in [0.25, 0.3) is 0 Å². The average Bonchev–Trinajstić information content (AvgIpc) is 3.22. The summed E-state index contributed by atoms with van der Waals surface area (Å²) in [7, 11) is 0. The smallest absolute Gasteiger partial charge is 0.114 e. The summed E-state index contributed by atoms with van der Waals surface area (Å²) < 4.78 is 17.4. The fraction of sp³-hybridized carbons (Fsp3) is 0.556. The van der Waals surface area contributed by atoms with Crippen molar-refractivity contribution in [2.75, 3.05) is 6.61 Å². The summed E-state index contributed by atoms with van der Waals surface area (Å²) in [5.74, 6) is 0.574. The second-order valence-electron chi connectivity index (χ2n) is 6.05. The van der Waals surface area contributed by atoms with Crippen LogP contribution in [-0.4, -0.2) is 31.0 Å². The molecule has 2 aliphatic heterocycles. The van der Waals surface area contributed by atoms with Crippen LogP contribution in [0.2, 0.25) is 0 Å². The molecule has 0 radical (unpaired) electrons. The molecule has 0 unspecified atom stereocenters. The van der Waals surface area contributed by atoms with E-state index in [4.69, 9.17) is 14.2 Å². The Bertz CT molecular complexity index is 459. The lowest BCUT2D eigenvalue weighted by Crippen LogP contribution is -2.20. The van der Waals surface area contributed by atoms with Gasteiger partial charge in [-0.25, -0.2) is 0 Å². The van der Waals surface area contributed by atoms with E-state index in [1.807, 2.05) is 24.3 Å². The lowest BCUT2D eigenvalue weighted by molar-refractivity contribution is -0.00200. The van der Waals surface area contributed by atoms with Crippen molar-refractivity contribution in [3.8, 4) is 0 Å². The van der Waals surface area contributed by atoms with Crippen LogP contribution in [0.15, 0.2) is 43.0 Å². The van der Waals surface area contributed by atoms with Gasteiger partial charge in [-0.15, -0.1) is 6.58 Å². The number of benzene rings is 1. The first-order valence-electron chi connectivity index (χ1n) is 7.83. The molecule has 2 heterocycles. The van der Waals surface area contributed by atoms with Crippen LogP contribution < -0.4 is 0 Å². The molecule has 0 spiro atoms.